The minimum absolute atomic E-state index is 0.0625. The summed E-state index contributed by atoms with van der Waals surface area (Å²) in [5, 5.41) is 9.49. The van der Waals surface area contributed by atoms with Crippen molar-refractivity contribution in [2.24, 2.45) is 5.92 Å². The van der Waals surface area contributed by atoms with Gasteiger partial charge in [0.1, 0.15) is 5.82 Å². The van der Waals surface area contributed by atoms with E-state index in [9.17, 15) is 14.3 Å². The van der Waals surface area contributed by atoms with Crippen LogP contribution in [0.25, 0.3) is 6.08 Å². The van der Waals surface area contributed by atoms with E-state index in [1.54, 1.807) is 30.0 Å². The lowest BCUT2D eigenvalue weighted by Gasteiger charge is -2.15. The van der Waals surface area contributed by atoms with Crippen LogP contribution in [-0.4, -0.2) is 35.1 Å². The van der Waals surface area contributed by atoms with E-state index in [-0.39, 0.29) is 23.7 Å². The molecule has 0 aromatic heterocycles. The van der Waals surface area contributed by atoms with Crippen molar-refractivity contribution < 1.29 is 14.3 Å². The van der Waals surface area contributed by atoms with Gasteiger partial charge in [0.25, 0.3) is 0 Å². The van der Waals surface area contributed by atoms with Gasteiger partial charge in [0.2, 0.25) is 5.91 Å². The highest BCUT2D eigenvalue weighted by molar-refractivity contribution is 5.91. The molecular weight excluding hydrogens is 245 g/mol. The Kier molecular flexibility index (Phi) is 4.32. The molecule has 3 nitrogen and oxygen atoms in total. The van der Waals surface area contributed by atoms with Gasteiger partial charge in [0.05, 0.1) is 6.10 Å². The Morgan fingerprint density at radius 1 is 1.47 bits per heavy atom. The number of carbonyl (C=O) groups excluding carboxylic acids is 1. The molecule has 1 saturated heterocycles. The molecule has 1 heterocycles. The summed E-state index contributed by atoms with van der Waals surface area (Å²) in [6, 6.07) is 5.98. The van der Waals surface area contributed by atoms with Crippen LogP contribution in [0.5, 0.6) is 0 Å². The Hall–Kier alpha value is -1.68. The van der Waals surface area contributed by atoms with Gasteiger partial charge >= 0.3 is 0 Å². The maximum Gasteiger partial charge on any atom is 0.246 e. The molecule has 4 heteroatoms. The molecule has 1 fully saturated rings. The summed E-state index contributed by atoms with van der Waals surface area (Å²) >= 11 is 0. The Bertz CT molecular complexity index is 468. The highest BCUT2D eigenvalue weighted by atomic mass is 19.1. The summed E-state index contributed by atoms with van der Waals surface area (Å²) in [7, 11) is 0. The average molecular weight is 263 g/mol. The second kappa shape index (κ2) is 5.97. The lowest BCUT2D eigenvalue weighted by atomic mass is 10.0. The van der Waals surface area contributed by atoms with Crippen LogP contribution in [0.4, 0.5) is 4.39 Å². The molecule has 1 N–H and O–H groups in total. The fraction of sp³-hybridized carbons (Fsp3) is 0.400. The van der Waals surface area contributed by atoms with Crippen molar-refractivity contribution in [3.63, 3.8) is 0 Å². The van der Waals surface area contributed by atoms with Crippen molar-refractivity contribution in [2.45, 2.75) is 19.4 Å². The zero-order chi connectivity index (χ0) is 13.8. The summed E-state index contributed by atoms with van der Waals surface area (Å²) < 4.78 is 12.7. The van der Waals surface area contributed by atoms with E-state index in [0.717, 1.165) is 12.0 Å². The summed E-state index contributed by atoms with van der Waals surface area (Å²) in [4.78, 5) is 13.7. The van der Waals surface area contributed by atoms with Gasteiger partial charge < -0.3 is 10.0 Å². The normalized spacial score (nSPS) is 21.0. The molecule has 102 valence electrons. The lowest BCUT2D eigenvalue weighted by Crippen LogP contribution is -2.28. The minimum atomic E-state index is -0.376. The highest BCUT2D eigenvalue weighted by Crippen LogP contribution is 2.20. The topological polar surface area (TPSA) is 40.5 Å². The molecular formula is C15H18FNO2. The molecule has 1 amide bonds. The first-order chi connectivity index (χ1) is 9.06. The van der Waals surface area contributed by atoms with Gasteiger partial charge in [-0.3, -0.25) is 4.79 Å². The second-order valence-electron chi connectivity index (χ2n) is 4.96. The van der Waals surface area contributed by atoms with Gasteiger partial charge in [-0.2, -0.15) is 0 Å². The van der Waals surface area contributed by atoms with Crippen molar-refractivity contribution in [1.29, 1.82) is 0 Å². The van der Waals surface area contributed by atoms with Gasteiger partial charge in [-0.05, 0) is 37.1 Å². The molecule has 2 atom stereocenters. The van der Waals surface area contributed by atoms with Crippen LogP contribution in [0.2, 0.25) is 0 Å². The molecule has 0 spiro atoms. The number of halogens is 1. The van der Waals surface area contributed by atoms with E-state index in [0.29, 0.717) is 13.1 Å². The molecule has 1 aliphatic rings. The maximum atomic E-state index is 12.7. The zero-order valence-corrected chi connectivity index (χ0v) is 10.9. The number of benzene rings is 1. The predicted octanol–water partition coefficient (Wildman–Crippen LogP) is 2.07. The molecule has 0 bridgehead atoms. The molecule has 1 aliphatic heterocycles. The number of aliphatic hydroxyl groups excluding tert-OH is 1. The average Bonchev–Trinajstić information content (AvgIpc) is 2.87. The van der Waals surface area contributed by atoms with E-state index in [1.165, 1.54) is 18.2 Å². The van der Waals surface area contributed by atoms with Crippen LogP contribution in [0.3, 0.4) is 0 Å². The number of hydrogen-bond donors (Lipinski definition) is 1. The Balaban J connectivity index is 1.93. The number of likely N-dealkylation sites (tertiary alicyclic amines) is 1. The van der Waals surface area contributed by atoms with Crippen LogP contribution < -0.4 is 0 Å². The molecule has 2 rings (SSSR count). The summed E-state index contributed by atoms with van der Waals surface area (Å²) in [5.74, 6) is -0.182. The van der Waals surface area contributed by atoms with E-state index < -0.39 is 0 Å². The highest BCUT2D eigenvalue weighted by Gasteiger charge is 2.27. The maximum absolute atomic E-state index is 12.7. The Labute approximate surface area is 112 Å². The monoisotopic (exact) mass is 263 g/mol. The number of aliphatic hydroxyl groups is 1. The third-order valence-electron chi connectivity index (χ3n) is 3.51. The Morgan fingerprint density at radius 2 is 2.16 bits per heavy atom. The number of amides is 1. The van der Waals surface area contributed by atoms with Crippen molar-refractivity contribution >= 4 is 12.0 Å². The van der Waals surface area contributed by atoms with Crippen LogP contribution in [0.15, 0.2) is 30.3 Å². The molecule has 2 unspecified atom stereocenters. The van der Waals surface area contributed by atoms with Crippen molar-refractivity contribution in [3.05, 3.63) is 41.7 Å². The Morgan fingerprint density at radius 3 is 2.74 bits per heavy atom. The van der Waals surface area contributed by atoms with E-state index in [1.807, 2.05) is 0 Å². The fourth-order valence-electron chi connectivity index (χ4n) is 2.23. The number of hydrogen-bond acceptors (Lipinski definition) is 2. The van der Waals surface area contributed by atoms with Gasteiger partial charge in [-0.1, -0.05) is 12.1 Å². The number of nitrogens with zero attached hydrogens (tertiary/aromatic N) is 1. The van der Waals surface area contributed by atoms with E-state index >= 15 is 0 Å². The third-order valence-corrected chi connectivity index (χ3v) is 3.51. The quantitative estimate of drug-likeness (QED) is 0.848. The van der Waals surface area contributed by atoms with Crippen LogP contribution >= 0.6 is 0 Å². The summed E-state index contributed by atoms with van der Waals surface area (Å²) in [6.45, 7) is 3.04. The zero-order valence-electron chi connectivity index (χ0n) is 10.9. The first-order valence-corrected chi connectivity index (χ1v) is 6.47. The lowest BCUT2D eigenvalue weighted by molar-refractivity contribution is -0.125. The largest absolute Gasteiger partial charge is 0.393 e. The van der Waals surface area contributed by atoms with Gasteiger partial charge in [0.15, 0.2) is 0 Å². The van der Waals surface area contributed by atoms with Crippen molar-refractivity contribution in [3.8, 4) is 0 Å². The molecule has 1 aromatic carbocycles. The van der Waals surface area contributed by atoms with Gasteiger partial charge in [0, 0.05) is 25.1 Å². The van der Waals surface area contributed by atoms with Gasteiger partial charge in [-0.25, -0.2) is 4.39 Å². The fourth-order valence-corrected chi connectivity index (χ4v) is 2.23. The smallest absolute Gasteiger partial charge is 0.246 e. The first kappa shape index (κ1) is 13.7. The van der Waals surface area contributed by atoms with Crippen LogP contribution in [0, 0.1) is 11.7 Å². The number of rotatable bonds is 3. The van der Waals surface area contributed by atoms with Crippen molar-refractivity contribution in [2.75, 3.05) is 13.1 Å². The molecule has 19 heavy (non-hydrogen) atoms. The SMILES string of the molecule is CC(O)C1CCN(C(=O)/C=C/c2ccc(F)cc2)C1. The molecule has 0 radical (unpaired) electrons. The second-order valence-corrected chi connectivity index (χ2v) is 4.96. The van der Waals surface area contributed by atoms with Crippen LogP contribution in [-0.2, 0) is 4.79 Å². The van der Waals surface area contributed by atoms with Gasteiger partial charge in [-0.15, -0.1) is 0 Å². The number of carbonyl (C=O) groups is 1. The molecule has 0 saturated carbocycles. The summed E-state index contributed by atoms with van der Waals surface area (Å²) in [6.07, 6.45) is 3.64. The van der Waals surface area contributed by atoms with Crippen LogP contribution in [0.1, 0.15) is 18.9 Å². The minimum Gasteiger partial charge on any atom is -0.393 e. The van der Waals surface area contributed by atoms with Crippen molar-refractivity contribution in [1.82, 2.24) is 4.90 Å². The standard InChI is InChI=1S/C15H18FNO2/c1-11(18)13-8-9-17(10-13)15(19)7-4-12-2-5-14(16)6-3-12/h2-7,11,13,18H,8-10H2,1H3/b7-4+. The molecule has 1 aromatic rings. The third kappa shape index (κ3) is 3.64. The first-order valence-electron chi connectivity index (χ1n) is 6.47. The predicted molar refractivity (Wildman–Crippen MR) is 71.8 cm³/mol. The van der Waals surface area contributed by atoms with E-state index in [2.05, 4.69) is 0 Å². The van der Waals surface area contributed by atoms with E-state index in [4.69, 9.17) is 0 Å². The summed E-state index contributed by atoms with van der Waals surface area (Å²) in [5.41, 5.74) is 0.793. The molecule has 0 aliphatic carbocycles.